The van der Waals surface area contributed by atoms with E-state index in [1.165, 1.54) is 11.3 Å². The van der Waals surface area contributed by atoms with Crippen molar-refractivity contribution < 1.29 is 9.53 Å². The molecule has 2 aromatic heterocycles. The molecule has 28 heavy (non-hydrogen) atoms. The van der Waals surface area contributed by atoms with Gasteiger partial charge in [-0.3, -0.25) is 9.78 Å². The number of hydrogen-bond donors (Lipinski definition) is 1. The number of aryl methyl sites for hydroxylation is 1. The molecule has 0 aliphatic heterocycles. The van der Waals surface area contributed by atoms with Crippen molar-refractivity contribution in [1.29, 1.82) is 0 Å². The maximum atomic E-state index is 12.5. The van der Waals surface area contributed by atoms with E-state index in [1.54, 1.807) is 12.4 Å². The van der Waals surface area contributed by atoms with Crippen LogP contribution < -0.4 is 10.1 Å². The molecule has 1 N–H and O–H groups in total. The van der Waals surface area contributed by atoms with E-state index in [4.69, 9.17) is 4.74 Å². The average Bonchev–Trinajstić information content (AvgIpc) is 3.05. The molecule has 0 saturated carbocycles. The average molecular weight is 396 g/mol. The normalized spacial score (nSPS) is 10.9. The van der Waals surface area contributed by atoms with E-state index in [1.807, 2.05) is 43.3 Å². The first-order chi connectivity index (χ1) is 13.5. The topological polar surface area (TPSA) is 64.1 Å². The fraction of sp³-hybridized carbons (Fsp3) is 0.318. The van der Waals surface area contributed by atoms with Crippen LogP contribution in [-0.4, -0.2) is 15.9 Å². The lowest BCUT2D eigenvalue weighted by Gasteiger charge is -2.08. The van der Waals surface area contributed by atoms with Crippen LogP contribution in [0.1, 0.15) is 45.3 Å². The lowest BCUT2D eigenvalue weighted by molar-refractivity contribution is 0.0954. The van der Waals surface area contributed by atoms with Crippen molar-refractivity contribution in [2.24, 2.45) is 5.92 Å². The third-order valence-electron chi connectivity index (χ3n) is 4.13. The first-order valence-corrected chi connectivity index (χ1v) is 10.2. The van der Waals surface area contributed by atoms with Crippen LogP contribution in [-0.2, 0) is 19.6 Å². The van der Waals surface area contributed by atoms with Gasteiger partial charge in [0, 0.05) is 30.9 Å². The van der Waals surface area contributed by atoms with E-state index in [9.17, 15) is 4.79 Å². The van der Waals surface area contributed by atoms with E-state index in [0.29, 0.717) is 23.9 Å². The SMILES string of the molecule is Cc1nc(CC(C)C)sc1C(=O)NCc1ccc(OCc2cccnc2)cc1. The van der Waals surface area contributed by atoms with Crippen LogP contribution >= 0.6 is 11.3 Å². The molecule has 0 aliphatic rings. The third kappa shape index (κ3) is 5.63. The summed E-state index contributed by atoms with van der Waals surface area (Å²) in [7, 11) is 0. The number of thiazole rings is 1. The fourth-order valence-electron chi connectivity index (χ4n) is 2.72. The zero-order valence-corrected chi connectivity index (χ0v) is 17.3. The molecular weight excluding hydrogens is 370 g/mol. The Labute approximate surface area is 169 Å². The summed E-state index contributed by atoms with van der Waals surface area (Å²) in [6, 6.07) is 11.6. The van der Waals surface area contributed by atoms with Gasteiger partial charge in [0.2, 0.25) is 0 Å². The van der Waals surface area contributed by atoms with Crippen molar-refractivity contribution in [3.05, 3.63) is 75.5 Å². The molecule has 0 radical (unpaired) electrons. The maximum absolute atomic E-state index is 12.5. The Morgan fingerprint density at radius 3 is 2.64 bits per heavy atom. The number of hydrogen-bond acceptors (Lipinski definition) is 5. The number of nitrogens with zero attached hydrogens (tertiary/aromatic N) is 2. The molecular formula is C22H25N3O2S. The van der Waals surface area contributed by atoms with Crippen LogP contribution in [0.5, 0.6) is 5.75 Å². The van der Waals surface area contributed by atoms with Gasteiger partial charge < -0.3 is 10.1 Å². The second-order valence-corrected chi connectivity index (χ2v) is 8.18. The Balaban J connectivity index is 1.52. The van der Waals surface area contributed by atoms with Crippen molar-refractivity contribution in [1.82, 2.24) is 15.3 Å². The second kappa shape index (κ2) is 9.46. The maximum Gasteiger partial charge on any atom is 0.263 e. The standard InChI is InChI=1S/C22H25N3O2S/c1-15(2)11-20-25-16(3)21(28-20)22(26)24-13-17-6-8-19(9-7-17)27-14-18-5-4-10-23-12-18/h4-10,12,15H,11,13-14H2,1-3H3,(H,24,26). The third-order valence-corrected chi connectivity index (χ3v) is 5.31. The molecule has 0 saturated heterocycles. The summed E-state index contributed by atoms with van der Waals surface area (Å²) in [6.45, 7) is 7.15. The molecule has 1 aromatic carbocycles. The molecule has 0 spiro atoms. The molecule has 6 heteroatoms. The lowest BCUT2D eigenvalue weighted by Crippen LogP contribution is -2.22. The summed E-state index contributed by atoms with van der Waals surface area (Å²) in [4.78, 5) is 21.8. The van der Waals surface area contributed by atoms with Gasteiger partial charge in [-0.15, -0.1) is 11.3 Å². The van der Waals surface area contributed by atoms with Crippen LogP contribution in [0.4, 0.5) is 0 Å². The first-order valence-electron chi connectivity index (χ1n) is 9.36. The van der Waals surface area contributed by atoms with Gasteiger partial charge in [-0.2, -0.15) is 0 Å². The minimum atomic E-state index is -0.0677. The van der Waals surface area contributed by atoms with E-state index >= 15 is 0 Å². The minimum Gasteiger partial charge on any atom is -0.489 e. The van der Waals surface area contributed by atoms with Crippen LogP contribution in [0.2, 0.25) is 0 Å². The summed E-state index contributed by atoms with van der Waals surface area (Å²) in [5.41, 5.74) is 2.85. The van der Waals surface area contributed by atoms with Crippen molar-refractivity contribution in [2.45, 2.75) is 40.3 Å². The number of amides is 1. The highest BCUT2D eigenvalue weighted by Gasteiger charge is 2.15. The molecule has 0 fully saturated rings. The molecule has 0 atom stereocenters. The van der Waals surface area contributed by atoms with Gasteiger partial charge in [-0.25, -0.2) is 4.98 Å². The van der Waals surface area contributed by atoms with Crippen LogP contribution in [0.3, 0.4) is 0 Å². The van der Waals surface area contributed by atoms with Gasteiger partial charge in [-0.1, -0.05) is 32.0 Å². The number of pyridine rings is 1. The van der Waals surface area contributed by atoms with E-state index in [-0.39, 0.29) is 5.91 Å². The van der Waals surface area contributed by atoms with E-state index in [2.05, 4.69) is 29.1 Å². The van der Waals surface area contributed by atoms with Gasteiger partial charge in [0.1, 0.15) is 17.2 Å². The molecule has 3 rings (SSSR count). The van der Waals surface area contributed by atoms with Crippen LogP contribution in [0.15, 0.2) is 48.8 Å². The molecule has 0 aliphatic carbocycles. The van der Waals surface area contributed by atoms with Crippen molar-refractivity contribution in [3.8, 4) is 5.75 Å². The zero-order valence-electron chi connectivity index (χ0n) is 16.4. The van der Waals surface area contributed by atoms with E-state index in [0.717, 1.165) is 34.0 Å². The number of ether oxygens (including phenoxy) is 1. The predicted molar refractivity (Wildman–Crippen MR) is 112 cm³/mol. The van der Waals surface area contributed by atoms with Crippen LogP contribution in [0.25, 0.3) is 0 Å². The Morgan fingerprint density at radius 1 is 1.18 bits per heavy atom. The van der Waals surface area contributed by atoms with E-state index < -0.39 is 0 Å². The van der Waals surface area contributed by atoms with Gasteiger partial charge >= 0.3 is 0 Å². The molecule has 2 heterocycles. The quantitative estimate of drug-likeness (QED) is 0.607. The number of aromatic nitrogens is 2. The van der Waals surface area contributed by atoms with Crippen LogP contribution in [0, 0.1) is 12.8 Å². The molecule has 5 nitrogen and oxygen atoms in total. The smallest absolute Gasteiger partial charge is 0.263 e. The second-order valence-electron chi connectivity index (χ2n) is 7.10. The van der Waals surface area contributed by atoms with Gasteiger partial charge in [-0.05, 0) is 36.6 Å². The number of carbonyl (C=O) groups is 1. The monoisotopic (exact) mass is 395 g/mol. The highest BCUT2D eigenvalue weighted by molar-refractivity contribution is 7.13. The predicted octanol–water partition coefficient (Wildman–Crippen LogP) is 4.55. The lowest BCUT2D eigenvalue weighted by atomic mass is 10.1. The Hall–Kier alpha value is -2.73. The highest BCUT2D eigenvalue weighted by atomic mass is 32.1. The number of benzene rings is 1. The first kappa shape index (κ1) is 20.0. The summed E-state index contributed by atoms with van der Waals surface area (Å²) >= 11 is 1.49. The highest BCUT2D eigenvalue weighted by Crippen LogP contribution is 2.21. The van der Waals surface area contributed by atoms with Crippen molar-refractivity contribution >= 4 is 17.2 Å². The summed E-state index contributed by atoms with van der Waals surface area (Å²) < 4.78 is 5.76. The van der Waals surface area contributed by atoms with Crippen molar-refractivity contribution in [2.75, 3.05) is 0 Å². The Bertz CT molecular complexity index is 905. The Morgan fingerprint density at radius 2 is 1.96 bits per heavy atom. The summed E-state index contributed by atoms with van der Waals surface area (Å²) in [6.07, 6.45) is 4.43. The zero-order chi connectivity index (χ0) is 19.9. The van der Waals surface area contributed by atoms with Gasteiger partial charge in [0.05, 0.1) is 10.7 Å². The number of rotatable bonds is 8. The summed E-state index contributed by atoms with van der Waals surface area (Å²) in [5, 5.41) is 4.00. The van der Waals surface area contributed by atoms with Crippen molar-refractivity contribution in [3.63, 3.8) is 0 Å². The minimum absolute atomic E-state index is 0.0677. The molecule has 146 valence electrons. The summed E-state index contributed by atoms with van der Waals surface area (Å²) in [5.74, 6) is 1.25. The molecule has 3 aromatic rings. The largest absolute Gasteiger partial charge is 0.489 e. The van der Waals surface area contributed by atoms with Gasteiger partial charge in [0.25, 0.3) is 5.91 Å². The fourth-order valence-corrected chi connectivity index (χ4v) is 3.91. The van der Waals surface area contributed by atoms with Gasteiger partial charge in [0.15, 0.2) is 0 Å². The molecule has 0 unspecified atom stereocenters. The Kier molecular flexibility index (Phi) is 6.76. The number of carbonyl (C=O) groups excluding carboxylic acids is 1. The molecule has 1 amide bonds. The number of nitrogens with one attached hydrogen (secondary N) is 1. The molecule has 0 bridgehead atoms.